The highest BCUT2D eigenvalue weighted by Crippen LogP contribution is 2.23. The molecule has 0 spiro atoms. The maximum atomic E-state index is 13.8. The van der Waals surface area contributed by atoms with E-state index in [0.717, 1.165) is 22.4 Å². The molecule has 7 nitrogen and oxygen atoms in total. The number of aromatic nitrogens is 6. The van der Waals surface area contributed by atoms with Gasteiger partial charge in [0, 0.05) is 0 Å². The molecular formula is C22H18N6O. The van der Waals surface area contributed by atoms with Crippen LogP contribution in [-0.4, -0.2) is 29.1 Å². The van der Waals surface area contributed by atoms with Crippen LogP contribution in [-0.2, 0) is 0 Å². The van der Waals surface area contributed by atoms with Gasteiger partial charge in [0.05, 0.1) is 22.8 Å². The molecule has 29 heavy (non-hydrogen) atoms. The molecule has 3 aromatic heterocycles. The fourth-order valence-electron chi connectivity index (χ4n) is 3.63. The van der Waals surface area contributed by atoms with Crippen LogP contribution in [0.15, 0.2) is 60.0 Å². The zero-order valence-electron chi connectivity index (χ0n) is 16.3. The topological polar surface area (TPSA) is 78.5 Å². The number of hydrogen-bond acceptors (Lipinski definition) is 5. The Kier molecular flexibility index (Phi) is 3.77. The van der Waals surface area contributed by atoms with Crippen LogP contribution in [0.2, 0.25) is 0 Å². The smallest absolute Gasteiger partial charge is 0.267 e. The first kappa shape index (κ1) is 17.2. The molecule has 0 bridgehead atoms. The van der Waals surface area contributed by atoms with Crippen LogP contribution in [0.4, 0.5) is 0 Å². The van der Waals surface area contributed by atoms with Crippen molar-refractivity contribution < 1.29 is 0 Å². The summed E-state index contributed by atoms with van der Waals surface area (Å²) >= 11 is 0. The predicted octanol–water partition coefficient (Wildman–Crippen LogP) is 3.44. The summed E-state index contributed by atoms with van der Waals surface area (Å²) in [6, 6.07) is 11.6. The van der Waals surface area contributed by atoms with Crippen LogP contribution in [0, 0.1) is 20.8 Å². The van der Waals surface area contributed by atoms with Gasteiger partial charge in [0.2, 0.25) is 5.95 Å². The van der Waals surface area contributed by atoms with Gasteiger partial charge in [-0.15, -0.1) is 0 Å². The van der Waals surface area contributed by atoms with E-state index in [1.54, 1.807) is 21.7 Å². The van der Waals surface area contributed by atoms with Crippen molar-refractivity contribution in [3.63, 3.8) is 0 Å². The molecule has 0 saturated carbocycles. The second-order valence-corrected chi connectivity index (χ2v) is 7.09. The van der Waals surface area contributed by atoms with E-state index in [1.807, 2.05) is 57.2 Å². The SMILES string of the molecule is Cc1ccccc1-n1c(-n2cnc3cncnc32)nc2ccc(C)c(C)c2c1=O. The van der Waals surface area contributed by atoms with Gasteiger partial charge >= 0.3 is 0 Å². The molecule has 7 heteroatoms. The molecule has 0 amide bonds. The molecule has 0 unspecified atom stereocenters. The van der Waals surface area contributed by atoms with E-state index in [1.165, 1.54) is 6.33 Å². The summed E-state index contributed by atoms with van der Waals surface area (Å²) in [7, 11) is 0. The number of imidazole rings is 1. The molecule has 0 aliphatic carbocycles. The van der Waals surface area contributed by atoms with E-state index in [0.29, 0.717) is 28.0 Å². The van der Waals surface area contributed by atoms with Crippen molar-refractivity contribution >= 4 is 22.1 Å². The second kappa shape index (κ2) is 6.34. The molecule has 0 radical (unpaired) electrons. The first-order valence-electron chi connectivity index (χ1n) is 9.28. The summed E-state index contributed by atoms with van der Waals surface area (Å²) in [5.74, 6) is 0.446. The maximum Gasteiger partial charge on any atom is 0.267 e. The Balaban J connectivity index is 1.98. The zero-order chi connectivity index (χ0) is 20.1. The minimum atomic E-state index is -0.114. The fraction of sp³-hybridized carbons (Fsp3) is 0.136. The first-order chi connectivity index (χ1) is 14.1. The molecule has 5 rings (SSSR count). The van der Waals surface area contributed by atoms with E-state index in [-0.39, 0.29) is 5.56 Å². The van der Waals surface area contributed by atoms with Crippen LogP contribution >= 0.6 is 0 Å². The third-order valence-electron chi connectivity index (χ3n) is 5.34. The molecule has 5 aromatic rings. The summed E-state index contributed by atoms with van der Waals surface area (Å²) in [6.45, 7) is 5.94. The lowest BCUT2D eigenvalue weighted by atomic mass is 10.1. The zero-order valence-corrected chi connectivity index (χ0v) is 16.3. The Morgan fingerprint density at radius 1 is 0.897 bits per heavy atom. The molecule has 0 aliphatic rings. The Bertz CT molecular complexity index is 1460. The molecule has 0 saturated heterocycles. The number of hydrogen-bond donors (Lipinski definition) is 0. The summed E-state index contributed by atoms with van der Waals surface area (Å²) < 4.78 is 3.38. The average Bonchev–Trinajstić information content (AvgIpc) is 3.15. The molecule has 0 aliphatic heterocycles. The Morgan fingerprint density at radius 3 is 2.55 bits per heavy atom. The summed E-state index contributed by atoms with van der Waals surface area (Å²) in [5, 5.41) is 0.621. The van der Waals surface area contributed by atoms with Gasteiger partial charge in [-0.25, -0.2) is 24.5 Å². The van der Waals surface area contributed by atoms with Crippen LogP contribution < -0.4 is 5.56 Å². The molecular weight excluding hydrogens is 364 g/mol. The average molecular weight is 382 g/mol. The molecule has 0 fully saturated rings. The Hall–Kier alpha value is -3.87. The van der Waals surface area contributed by atoms with Gasteiger partial charge in [0.15, 0.2) is 5.65 Å². The lowest BCUT2D eigenvalue weighted by Gasteiger charge is -2.17. The lowest BCUT2D eigenvalue weighted by molar-refractivity contribution is 0.843. The molecule has 0 N–H and O–H groups in total. The fourth-order valence-corrected chi connectivity index (χ4v) is 3.63. The van der Waals surface area contributed by atoms with Crippen LogP contribution in [0.5, 0.6) is 0 Å². The quantitative estimate of drug-likeness (QED) is 0.467. The van der Waals surface area contributed by atoms with E-state index in [9.17, 15) is 4.79 Å². The van der Waals surface area contributed by atoms with E-state index >= 15 is 0 Å². The highest BCUT2D eigenvalue weighted by Gasteiger charge is 2.19. The Morgan fingerprint density at radius 2 is 1.72 bits per heavy atom. The number of nitrogens with zero attached hydrogens (tertiary/aromatic N) is 6. The van der Waals surface area contributed by atoms with Gasteiger partial charge in [-0.2, -0.15) is 0 Å². The summed E-state index contributed by atoms with van der Waals surface area (Å²) in [6.07, 6.45) is 4.73. The predicted molar refractivity (Wildman–Crippen MR) is 112 cm³/mol. The van der Waals surface area contributed by atoms with Crippen LogP contribution in [0.1, 0.15) is 16.7 Å². The number of fused-ring (bicyclic) bond motifs is 2. The maximum absolute atomic E-state index is 13.8. The van der Waals surface area contributed by atoms with Crippen molar-refractivity contribution in [1.82, 2.24) is 29.1 Å². The largest absolute Gasteiger partial charge is 0.268 e. The standard InChI is InChI=1S/C22H18N6O/c1-13-8-9-16-19(15(13)3)21(29)28(18-7-5-4-6-14(18)2)22(26-16)27-12-25-17-10-23-11-24-20(17)27/h4-12H,1-3H3. The number of para-hydroxylation sites is 1. The summed E-state index contributed by atoms with van der Waals surface area (Å²) in [5.41, 5.74) is 5.51. The van der Waals surface area contributed by atoms with Crippen LogP contribution in [0.3, 0.4) is 0 Å². The number of benzene rings is 2. The number of rotatable bonds is 2. The van der Waals surface area contributed by atoms with Crippen molar-refractivity contribution in [3.05, 3.63) is 82.3 Å². The Labute approximate surface area is 166 Å². The monoisotopic (exact) mass is 382 g/mol. The minimum Gasteiger partial charge on any atom is -0.268 e. The first-order valence-corrected chi connectivity index (χ1v) is 9.28. The molecule has 3 heterocycles. The van der Waals surface area contributed by atoms with E-state index in [2.05, 4.69) is 15.0 Å². The molecule has 142 valence electrons. The third kappa shape index (κ3) is 2.55. The lowest BCUT2D eigenvalue weighted by Crippen LogP contribution is -2.26. The highest BCUT2D eigenvalue weighted by molar-refractivity contribution is 5.84. The van der Waals surface area contributed by atoms with Crippen molar-refractivity contribution in [2.45, 2.75) is 20.8 Å². The third-order valence-corrected chi connectivity index (χ3v) is 5.34. The van der Waals surface area contributed by atoms with Gasteiger partial charge in [0.1, 0.15) is 18.2 Å². The normalized spacial score (nSPS) is 11.4. The van der Waals surface area contributed by atoms with Gasteiger partial charge < -0.3 is 0 Å². The van der Waals surface area contributed by atoms with Gasteiger partial charge in [-0.3, -0.25) is 9.36 Å². The second-order valence-electron chi connectivity index (χ2n) is 7.09. The van der Waals surface area contributed by atoms with Gasteiger partial charge in [-0.05, 0) is 49.6 Å². The minimum absolute atomic E-state index is 0.114. The summed E-state index contributed by atoms with van der Waals surface area (Å²) in [4.78, 5) is 31.4. The van der Waals surface area contributed by atoms with Crippen LogP contribution in [0.25, 0.3) is 33.7 Å². The van der Waals surface area contributed by atoms with Gasteiger partial charge in [0.25, 0.3) is 5.56 Å². The van der Waals surface area contributed by atoms with Crippen molar-refractivity contribution in [2.24, 2.45) is 0 Å². The molecule has 0 atom stereocenters. The van der Waals surface area contributed by atoms with Crippen molar-refractivity contribution in [1.29, 1.82) is 0 Å². The van der Waals surface area contributed by atoms with Gasteiger partial charge in [-0.1, -0.05) is 24.3 Å². The van der Waals surface area contributed by atoms with Crippen molar-refractivity contribution in [3.8, 4) is 11.6 Å². The molecule has 2 aromatic carbocycles. The number of aryl methyl sites for hydroxylation is 3. The van der Waals surface area contributed by atoms with Crippen molar-refractivity contribution in [2.75, 3.05) is 0 Å². The van der Waals surface area contributed by atoms with E-state index in [4.69, 9.17) is 4.98 Å². The highest BCUT2D eigenvalue weighted by atomic mass is 16.1. The van der Waals surface area contributed by atoms with E-state index < -0.39 is 0 Å².